The zero-order valence-electron chi connectivity index (χ0n) is 17.7. The van der Waals surface area contributed by atoms with E-state index in [9.17, 15) is 9.59 Å². The second kappa shape index (κ2) is 7.92. The number of nitrogens with zero attached hydrogens (tertiary/aromatic N) is 1. The van der Waals surface area contributed by atoms with Crippen molar-refractivity contribution in [1.29, 1.82) is 0 Å². The average Bonchev–Trinajstić information content (AvgIpc) is 3.29. The molecule has 0 saturated heterocycles. The number of nitrogens with one attached hydrogen (secondary N) is 1. The number of carbonyl (C=O) groups excluding carboxylic acids is 2. The van der Waals surface area contributed by atoms with Gasteiger partial charge in [-0.1, -0.05) is 30.3 Å². The van der Waals surface area contributed by atoms with Crippen molar-refractivity contribution in [2.75, 3.05) is 26.3 Å². The van der Waals surface area contributed by atoms with E-state index in [2.05, 4.69) is 5.32 Å². The summed E-state index contributed by atoms with van der Waals surface area (Å²) in [5.74, 6) is 1.01. The second-order valence-corrected chi connectivity index (χ2v) is 7.76. The van der Waals surface area contributed by atoms with E-state index >= 15 is 0 Å². The molecule has 2 aliphatic rings. The van der Waals surface area contributed by atoms with E-state index < -0.39 is 12.0 Å². The molecule has 0 aliphatic carbocycles. The maximum absolute atomic E-state index is 13.6. The monoisotopic (exact) mass is 430 g/mol. The lowest BCUT2D eigenvalue weighted by Gasteiger charge is -2.39. The predicted octanol–water partition coefficient (Wildman–Crippen LogP) is 3.97. The molecule has 2 amide bonds. The fraction of sp³-hybridized carbons (Fsp3) is 0.200. The van der Waals surface area contributed by atoms with Gasteiger partial charge in [-0.3, -0.25) is 9.59 Å². The third kappa shape index (κ3) is 3.32. The molecule has 7 nitrogen and oxygen atoms in total. The highest BCUT2D eigenvalue weighted by molar-refractivity contribution is 6.04. The molecule has 5 rings (SSSR count). The van der Waals surface area contributed by atoms with Gasteiger partial charge in [0.1, 0.15) is 5.75 Å². The summed E-state index contributed by atoms with van der Waals surface area (Å²) in [6.07, 6.45) is 0. The highest BCUT2D eigenvalue weighted by Gasteiger charge is 2.42. The zero-order chi connectivity index (χ0) is 22.2. The van der Waals surface area contributed by atoms with Gasteiger partial charge in [-0.15, -0.1) is 0 Å². The predicted molar refractivity (Wildman–Crippen MR) is 118 cm³/mol. The van der Waals surface area contributed by atoms with Crippen molar-refractivity contribution in [3.8, 4) is 17.2 Å². The molecule has 2 aliphatic heterocycles. The quantitative estimate of drug-likeness (QED) is 0.678. The van der Waals surface area contributed by atoms with Gasteiger partial charge in [0.25, 0.3) is 5.91 Å². The molecule has 2 heterocycles. The molecule has 3 aromatic rings. The van der Waals surface area contributed by atoms with Crippen molar-refractivity contribution >= 4 is 17.5 Å². The van der Waals surface area contributed by atoms with Crippen LogP contribution in [0.15, 0.2) is 66.7 Å². The lowest BCUT2D eigenvalue weighted by molar-refractivity contribution is -0.119. The van der Waals surface area contributed by atoms with Gasteiger partial charge < -0.3 is 24.4 Å². The number of benzene rings is 3. The summed E-state index contributed by atoms with van der Waals surface area (Å²) in [6, 6.07) is 19.5. The van der Waals surface area contributed by atoms with E-state index in [0.717, 1.165) is 5.56 Å². The molecule has 32 heavy (non-hydrogen) atoms. The fourth-order valence-corrected chi connectivity index (χ4v) is 4.37. The molecule has 0 bridgehead atoms. The molecule has 0 saturated carbocycles. The van der Waals surface area contributed by atoms with E-state index in [-0.39, 0.29) is 18.6 Å². The topological polar surface area (TPSA) is 77.1 Å². The van der Waals surface area contributed by atoms with Gasteiger partial charge in [0.2, 0.25) is 12.7 Å². The summed E-state index contributed by atoms with van der Waals surface area (Å²) in [4.78, 5) is 28.4. The Morgan fingerprint density at radius 3 is 2.56 bits per heavy atom. The van der Waals surface area contributed by atoms with E-state index in [1.54, 1.807) is 43.3 Å². The largest absolute Gasteiger partial charge is 0.497 e. The van der Waals surface area contributed by atoms with E-state index in [0.29, 0.717) is 34.1 Å². The SMILES string of the molecule is COc1ccc([C@@H]2[C@@H](C(=O)Nc3ccc4c(c3)OCO4)c3ccccc3C(=O)N2C)cc1. The zero-order valence-corrected chi connectivity index (χ0v) is 17.7. The van der Waals surface area contributed by atoms with Gasteiger partial charge in [-0.05, 0) is 41.5 Å². The third-order valence-electron chi connectivity index (χ3n) is 5.96. The Bertz CT molecular complexity index is 1190. The molecule has 0 radical (unpaired) electrons. The minimum Gasteiger partial charge on any atom is -0.497 e. The molecule has 0 fully saturated rings. The first kappa shape index (κ1) is 19.9. The van der Waals surface area contributed by atoms with Crippen molar-refractivity contribution in [3.63, 3.8) is 0 Å². The van der Waals surface area contributed by atoms with Crippen LogP contribution in [0.1, 0.15) is 33.4 Å². The van der Waals surface area contributed by atoms with Crippen molar-refractivity contribution in [3.05, 3.63) is 83.4 Å². The number of hydrogen-bond donors (Lipinski definition) is 1. The fourth-order valence-electron chi connectivity index (χ4n) is 4.37. The van der Waals surface area contributed by atoms with Gasteiger partial charge in [-0.25, -0.2) is 0 Å². The van der Waals surface area contributed by atoms with Gasteiger partial charge in [0.15, 0.2) is 11.5 Å². The Morgan fingerprint density at radius 2 is 1.78 bits per heavy atom. The number of likely N-dealkylation sites (N-methyl/N-ethyl adjacent to an activating group) is 1. The first-order chi connectivity index (χ1) is 15.6. The minimum atomic E-state index is -0.604. The third-order valence-corrected chi connectivity index (χ3v) is 5.96. The molecule has 3 aromatic carbocycles. The first-order valence-corrected chi connectivity index (χ1v) is 10.3. The van der Waals surface area contributed by atoms with Crippen LogP contribution in [0.2, 0.25) is 0 Å². The molecule has 162 valence electrons. The number of carbonyl (C=O) groups is 2. The van der Waals surface area contributed by atoms with Crippen LogP contribution in [0, 0.1) is 0 Å². The van der Waals surface area contributed by atoms with Gasteiger partial charge in [0, 0.05) is 24.4 Å². The Hall–Kier alpha value is -4.00. The Balaban J connectivity index is 1.55. The molecule has 0 spiro atoms. The molecular formula is C25H22N2O5. The van der Waals surface area contributed by atoms with Crippen LogP contribution >= 0.6 is 0 Å². The lowest BCUT2D eigenvalue weighted by atomic mass is 9.79. The van der Waals surface area contributed by atoms with Gasteiger partial charge in [-0.2, -0.15) is 0 Å². The summed E-state index contributed by atoms with van der Waals surface area (Å²) in [5, 5.41) is 3.00. The Labute approximate surface area is 185 Å². The standard InChI is InChI=1S/C25H22N2O5/c1-27-23(15-7-10-17(30-2)11-8-15)22(18-5-3-4-6-19(18)25(27)29)24(28)26-16-9-12-20-21(13-16)32-14-31-20/h3-13,22-23H,14H2,1-2H3,(H,26,28)/t22-,23+/m0/s1. The number of rotatable bonds is 4. The molecule has 0 aromatic heterocycles. The average molecular weight is 430 g/mol. The van der Waals surface area contributed by atoms with Crippen LogP contribution in [0.5, 0.6) is 17.2 Å². The Morgan fingerprint density at radius 1 is 1.03 bits per heavy atom. The molecule has 1 N–H and O–H groups in total. The summed E-state index contributed by atoms with van der Waals surface area (Å²) in [5.41, 5.74) is 2.69. The summed E-state index contributed by atoms with van der Waals surface area (Å²) in [6.45, 7) is 0.162. The maximum Gasteiger partial charge on any atom is 0.254 e. The van der Waals surface area contributed by atoms with Crippen LogP contribution < -0.4 is 19.5 Å². The summed E-state index contributed by atoms with van der Waals surface area (Å²) < 4.78 is 16.0. The van der Waals surface area contributed by atoms with Crippen LogP contribution in [0.3, 0.4) is 0 Å². The normalized spacial score (nSPS) is 18.8. The lowest BCUT2D eigenvalue weighted by Crippen LogP contribution is -2.44. The van der Waals surface area contributed by atoms with Crippen LogP contribution in [0.4, 0.5) is 5.69 Å². The number of hydrogen-bond acceptors (Lipinski definition) is 5. The van der Waals surface area contributed by atoms with E-state index in [4.69, 9.17) is 14.2 Å². The number of methoxy groups -OCH3 is 1. The van der Waals surface area contributed by atoms with Crippen LogP contribution in [-0.2, 0) is 4.79 Å². The Kier molecular flexibility index (Phi) is 4.93. The van der Waals surface area contributed by atoms with Crippen molar-refractivity contribution in [2.45, 2.75) is 12.0 Å². The van der Waals surface area contributed by atoms with Crippen LogP contribution in [-0.4, -0.2) is 37.7 Å². The van der Waals surface area contributed by atoms with Gasteiger partial charge in [0.05, 0.1) is 19.1 Å². The molecular weight excluding hydrogens is 408 g/mol. The van der Waals surface area contributed by atoms with Crippen molar-refractivity contribution < 1.29 is 23.8 Å². The summed E-state index contributed by atoms with van der Waals surface area (Å²) in [7, 11) is 3.33. The highest BCUT2D eigenvalue weighted by Crippen LogP contribution is 2.43. The number of ether oxygens (including phenoxy) is 3. The molecule has 2 atom stereocenters. The smallest absolute Gasteiger partial charge is 0.254 e. The van der Waals surface area contributed by atoms with E-state index in [1.807, 2.05) is 42.5 Å². The number of fused-ring (bicyclic) bond motifs is 2. The molecule has 0 unspecified atom stereocenters. The van der Waals surface area contributed by atoms with Crippen molar-refractivity contribution in [1.82, 2.24) is 4.90 Å². The number of amides is 2. The second-order valence-electron chi connectivity index (χ2n) is 7.76. The van der Waals surface area contributed by atoms with Gasteiger partial charge >= 0.3 is 0 Å². The van der Waals surface area contributed by atoms with Crippen LogP contribution in [0.25, 0.3) is 0 Å². The maximum atomic E-state index is 13.6. The minimum absolute atomic E-state index is 0.117. The molecule has 7 heteroatoms. The first-order valence-electron chi connectivity index (χ1n) is 10.3. The van der Waals surface area contributed by atoms with E-state index in [1.165, 1.54) is 0 Å². The van der Waals surface area contributed by atoms with Crippen molar-refractivity contribution in [2.24, 2.45) is 0 Å². The summed E-state index contributed by atoms with van der Waals surface area (Å²) >= 11 is 0. The number of anilines is 1. The highest BCUT2D eigenvalue weighted by atomic mass is 16.7.